The molecule has 1 aromatic rings. The van der Waals surface area contributed by atoms with Crippen LogP contribution < -0.4 is 10.5 Å². The van der Waals surface area contributed by atoms with Crippen molar-refractivity contribution in [2.75, 3.05) is 0 Å². The Morgan fingerprint density at radius 3 is 2.62 bits per heavy atom. The third kappa shape index (κ3) is 2.90. The van der Waals surface area contributed by atoms with E-state index in [-0.39, 0.29) is 6.10 Å². The lowest BCUT2D eigenvalue weighted by molar-refractivity contribution is 0.242. The van der Waals surface area contributed by atoms with Crippen LogP contribution in [0.3, 0.4) is 0 Å². The summed E-state index contributed by atoms with van der Waals surface area (Å²) < 4.78 is 5.47. The first-order valence-corrected chi connectivity index (χ1v) is 4.66. The smallest absolute Gasteiger partial charge is 0.121 e. The van der Waals surface area contributed by atoms with Crippen molar-refractivity contribution >= 4 is 11.6 Å². The number of nitrogens with two attached hydrogens (primary N) is 1. The summed E-state index contributed by atoms with van der Waals surface area (Å²) in [6.07, 6.45) is 0.166. The molecule has 72 valence electrons. The zero-order valence-corrected chi connectivity index (χ0v) is 8.64. The maximum Gasteiger partial charge on any atom is 0.121 e. The number of hydrogen-bond donors (Lipinski definition) is 1. The van der Waals surface area contributed by atoms with Gasteiger partial charge in [0.1, 0.15) is 5.75 Å². The Balaban J connectivity index is 2.83. The van der Waals surface area contributed by atoms with E-state index in [2.05, 4.69) is 0 Å². The summed E-state index contributed by atoms with van der Waals surface area (Å²) >= 11 is 5.95. The topological polar surface area (TPSA) is 35.2 Å². The number of ether oxygens (including phenoxy) is 1. The van der Waals surface area contributed by atoms with E-state index in [1.54, 1.807) is 6.07 Å². The van der Waals surface area contributed by atoms with E-state index in [9.17, 15) is 0 Å². The van der Waals surface area contributed by atoms with Crippen LogP contribution in [-0.2, 0) is 6.54 Å². The number of hydrogen-bond acceptors (Lipinski definition) is 2. The lowest BCUT2D eigenvalue weighted by Gasteiger charge is -2.10. The molecule has 2 N–H and O–H groups in total. The molecular formula is C10H14ClNO. The normalized spacial score (nSPS) is 10.5. The second-order valence-corrected chi connectivity index (χ2v) is 3.53. The molecule has 3 heteroatoms. The van der Waals surface area contributed by atoms with E-state index >= 15 is 0 Å². The van der Waals surface area contributed by atoms with Crippen LogP contribution in [0.5, 0.6) is 5.75 Å². The van der Waals surface area contributed by atoms with Crippen molar-refractivity contribution in [3.63, 3.8) is 0 Å². The van der Waals surface area contributed by atoms with Crippen molar-refractivity contribution in [3.05, 3.63) is 28.8 Å². The molecule has 0 spiro atoms. The Labute approximate surface area is 83.6 Å². The molecule has 0 unspecified atom stereocenters. The van der Waals surface area contributed by atoms with Crippen LogP contribution in [-0.4, -0.2) is 6.10 Å². The SMILES string of the molecule is CC(C)Oc1ccc(CN)c(Cl)c1. The largest absolute Gasteiger partial charge is 0.491 e. The van der Waals surface area contributed by atoms with Crippen molar-refractivity contribution in [2.45, 2.75) is 26.5 Å². The summed E-state index contributed by atoms with van der Waals surface area (Å²) in [5, 5.41) is 0.667. The van der Waals surface area contributed by atoms with Gasteiger partial charge >= 0.3 is 0 Å². The predicted molar refractivity (Wildman–Crippen MR) is 55.1 cm³/mol. The molecule has 0 aromatic heterocycles. The minimum atomic E-state index is 0.166. The standard InChI is InChI=1S/C10H14ClNO/c1-7(2)13-9-4-3-8(6-12)10(11)5-9/h3-5,7H,6,12H2,1-2H3. The second kappa shape index (κ2) is 4.49. The fraction of sp³-hybridized carbons (Fsp3) is 0.400. The number of rotatable bonds is 3. The number of halogens is 1. The van der Waals surface area contributed by atoms with E-state index < -0.39 is 0 Å². The zero-order chi connectivity index (χ0) is 9.84. The molecule has 0 atom stereocenters. The van der Waals surface area contributed by atoms with Gasteiger partial charge in [-0.2, -0.15) is 0 Å². The lowest BCUT2D eigenvalue weighted by Crippen LogP contribution is -2.06. The quantitative estimate of drug-likeness (QED) is 0.812. The Bertz CT molecular complexity index is 286. The van der Waals surface area contributed by atoms with Crippen LogP contribution >= 0.6 is 11.6 Å². The molecule has 2 nitrogen and oxygen atoms in total. The third-order valence-corrected chi connectivity index (χ3v) is 1.97. The Kier molecular flexibility index (Phi) is 3.58. The van der Waals surface area contributed by atoms with Gasteiger partial charge in [0, 0.05) is 11.6 Å². The molecule has 0 heterocycles. The average Bonchev–Trinajstić information content (AvgIpc) is 2.03. The Morgan fingerprint density at radius 2 is 2.15 bits per heavy atom. The van der Waals surface area contributed by atoms with Crippen molar-refractivity contribution < 1.29 is 4.74 Å². The maximum absolute atomic E-state index is 5.95. The highest BCUT2D eigenvalue weighted by Gasteiger charge is 2.02. The molecule has 0 bridgehead atoms. The summed E-state index contributed by atoms with van der Waals surface area (Å²) in [6.45, 7) is 4.41. The van der Waals surface area contributed by atoms with E-state index in [1.807, 2.05) is 26.0 Å². The van der Waals surface area contributed by atoms with Gasteiger partial charge in [0.25, 0.3) is 0 Å². The Hall–Kier alpha value is -0.730. The van der Waals surface area contributed by atoms with Gasteiger partial charge in [-0.25, -0.2) is 0 Å². The van der Waals surface area contributed by atoms with Gasteiger partial charge in [0.2, 0.25) is 0 Å². The first-order chi connectivity index (χ1) is 6.13. The lowest BCUT2D eigenvalue weighted by atomic mass is 10.2. The van der Waals surface area contributed by atoms with Crippen molar-refractivity contribution in [1.82, 2.24) is 0 Å². The minimum absolute atomic E-state index is 0.166. The van der Waals surface area contributed by atoms with Crippen LogP contribution in [0.4, 0.5) is 0 Å². The van der Waals surface area contributed by atoms with E-state index in [1.165, 1.54) is 0 Å². The monoisotopic (exact) mass is 199 g/mol. The molecule has 0 aliphatic heterocycles. The van der Waals surface area contributed by atoms with E-state index in [0.717, 1.165) is 11.3 Å². The van der Waals surface area contributed by atoms with Crippen LogP contribution in [0, 0.1) is 0 Å². The molecule has 0 saturated carbocycles. The van der Waals surface area contributed by atoms with E-state index in [4.69, 9.17) is 22.1 Å². The van der Waals surface area contributed by atoms with Crippen LogP contribution in [0.2, 0.25) is 5.02 Å². The first-order valence-electron chi connectivity index (χ1n) is 4.28. The van der Waals surface area contributed by atoms with Crippen LogP contribution in [0.25, 0.3) is 0 Å². The van der Waals surface area contributed by atoms with Crippen molar-refractivity contribution in [3.8, 4) is 5.75 Å². The molecule has 1 rings (SSSR count). The fourth-order valence-electron chi connectivity index (χ4n) is 1.04. The zero-order valence-electron chi connectivity index (χ0n) is 7.88. The summed E-state index contributed by atoms with van der Waals surface area (Å²) in [6, 6.07) is 5.57. The third-order valence-electron chi connectivity index (χ3n) is 1.62. The molecule has 0 fully saturated rings. The van der Waals surface area contributed by atoms with Gasteiger partial charge in [0.05, 0.1) is 6.10 Å². The van der Waals surface area contributed by atoms with Gasteiger partial charge in [-0.1, -0.05) is 17.7 Å². The first kappa shape index (κ1) is 10.4. The van der Waals surface area contributed by atoms with Gasteiger partial charge < -0.3 is 10.5 Å². The molecule has 0 radical (unpaired) electrons. The van der Waals surface area contributed by atoms with Crippen molar-refractivity contribution in [1.29, 1.82) is 0 Å². The highest BCUT2D eigenvalue weighted by molar-refractivity contribution is 6.31. The minimum Gasteiger partial charge on any atom is -0.491 e. The molecule has 0 aliphatic rings. The summed E-state index contributed by atoms with van der Waals surface area (Å²) in [4.78, 5) is 0. The molecule has 0 saturated heterocycles. The van der Waals surface area contributed by atoms with Gasteiger partial charge in [-0.3, -0.25) is 0 Å². The highest BCUT2D eigenvalue weighted by Crippen LogP contribution is 2.22. The molecule has 0 amide bonds. The molecule has 13 heavy (non-hydrogen) atoms. The molecule has 0 aliphatic carbocycles. The fourth-order valence-corrected chi connectivity index (χ4v) is 1.29. The summed E-state index contributed by atoms with van der Waals surface area (Å²) in [5.41, 5.74) is 6.42. The maximum atomic E-state index is 5.95. The second-order valence-electron chi connectivity index (χ2n) is 3.12. The summed E-state index contributed by atoms with van der Waals surface area (Å²) in [7, 11) is 0. The van der Waals surface area contributed by atoms with Gasteiger partial charge in [-0.05, 0) is 31.5 Å². The average molecular weight is 200 g/mol. The predicted octanol–water partition coefficient (Wildman–Crippen LogP) is 2.59. The van der Waals surface area contributed by atoms with Gasteiger partial charge in [-0.15, -0.1) is 0 Å². The van der Waals surface area contributed by atoms with Crippen LogP contribution in [0.1, 0.15) is 19.4 Å². The molecule has 1 aromatic carbocycles. The Morgan fingerprint density at radius 1 is 1.46 bits per heavy atom. The van der Waals surface area contributed by atoms with Crippen molar-refractivity contribution in [2.24, 2.45) is 5.73 Å². The van der Waals surface area contributed by atoms with Gasteiger partial charge in [0.15, 0.2) is 0 Å². The van der Waals surface area contributed by atoms with E-state index in [0.29, 0.717) is 11.6 Å². The number of benzene rings is 1. The summed E-state index contributed by atoms with van der Waals surface area (Å²) in [5.74, 6) is 0.789. The molecular weight excluding hydrogens is 186 g/mol. The van der Waals surface area contributed by atoms with Crippen LogP contribution in [0.15, 0.2) is 18.2 Å². The highest BCUT2D eigenvalue weighted by atomic mass is 35.5.